The zero-order valence-electron chi connectivity index (χ0n) is 20.3. The van der Waals surface area contributed by atoms with E-state index in [1.807, 2.05) is 30.3 Å². The van der Waals surface area contributed by atoms with Crippen molar-refractivity contribution in [3.63, 3.8) is 0 Å². The molecule has 0 aliphatic heterocycles. The quantitative estimate of drug-likeness (QED) is 0.313. The van der Waals surface area contributed by atoms with E-state index in [1.54, 1.807) is 35.7 Å². The van der Waals surface area contributed by atoms with E-state index >= 15 is 0 Å². The van der Waals surface area contributed by atoms with Gasteiger partial charge in [-0.05, 0) is 37.3 Å². The summed E-state index contributed by atoms with van der Waals surface area (Å²) < 4.78 is 53.7. The first kappa shape index (κ1) is 25.8. The lowest BCUT2D eigenvalue weighted by atomic mass is 10.1. The maximum absolute atomic E-state index is 13.3. The molecule has 0 fully saturated rings. The lowest BCUT2D eigenvalue weighted by molar-refractivity contribution is -0.137. The Labute approximate surface area is 210 Å². The molecule has 12 heteroatoms. The fourth-order valence-corrected chi connectivity index (χ4v) is 3.64. The van der Waals surface area contributed by atoms with E-state index in [0.29, 0.717) is 22.8 Å². The number of nitrogens with one attached hydrogen (secondary N) is 2. The zero-order chi connectivity index (χ0) is 26.6. The topological polar surface area (TPSA) is 95.2 Å². The van der Waals surface area contributed by atoms with Crippen LogP contribution in [0.3, 0.4) is 0 Å². The molecule has 37 heavy (non-hydrogen) atoms. The fraction of sp³-hybridized carbons (Fsp3) is 0.240. The number of urea groups is 1. The number of alkyl halides is 3. The van der Waals surface area contributed by atoms with Gasteiger partial charge in [0.25, 0.3) is 0 Å². The van der Waals surface area contributed by atoms with E-state index in [1.165, 1.54) is 7.11 Å². The van der Waals surface area contributed by atoms with Gasteiger partial charge in [0.05, 0.1) is 29.7 Å². The number of hydrogen-bond acceptors (Lipinski definition) is 5. The molecular weight excluding hydrogens is 489 g/mol. The van der Waals surface area contributed by atoms with Crippen LogP contribution in [0, 0.1) is 6.92 Å². The Morgan fingerprint density at radius 2 is 1.84 bits per heavy atom. The van der Waals surface area contributed by atoms with Crippen molar-refractivity contribution in [1.82, 2.24) is 19.6 Å². The molecule has 0 spiro atoms. The first-order chi connectivity index (χ1) is 17.7. The van der Waals surface area contributed by atoms with Gasteiger partial charge >= 0.3 is 12.2 Å². The van der Waals surface area contributed by atoms with Gasteiger partial charge in [0, 0.05) is 31.5 Å². The van der Waals surface area contributed by atoms with Crippen LogP contribution in [0.4, 0.5) is 29.5 Å². The van der Waals surface area contributed by atoms with Gasteiger partial charge in [-0.2, -0.15) is 23.4 Å². The number of rotatable bonds is 8. The lowest BCUT2D eigenvalue weighted by Crippen LogP contribution is -2.23. The van der Waals surface area contributed by atoms with Gasteiger partial charge in [-0.3, -0.25) is 10.00 Å². The molecular formula is C25H25F3N6O3. The molecule has 9 nitrogen and oxygen atoms in total. The number of nitrogens with zero attached hydrogens (tertiary/aromatic N) is 4. The van der Waals surface area contributed by atoms with Crippen molar-refractivity contribution in [2.75, 3.05) is 31.0 Å². The van der Waals surface area contributed by atoms with E-state index in [-0.39, 0.29) is 24.7 Å². The molecule has 2 N–H and O–H groups in total. The van der Waals surface area contributed by atoms with Crippen molar-refractivity contribution in [3.05, 3.63) is 72.1 Å². The van der Waals surface area contributed by atoms with Crippen molar-refractivity contribution in [1.29, 1.82) is 0 Å². The Morgan fingerprint density at radius 1 is 1.08 bits per heavy atom. The molecule has 0 aliphatic carbocycles. The summed E-state index contributed by atoms with van der Waals surface area (Å²) in [6.45, 7) is 2.10. The van der Waals surface area contributed by atoms with Crippen LogP contribution in [0.2, 0.25) is 0 Å². The number of amides is 2. The third kappa shape index (κ3) is 5.92. The number of para-hydroxylation sites is 1. The highest BCUT2D eigenvalue weighted by Gasteiger charge is 2.31. The molecule has 4 aromatic rings. The number of carbonyl (C=O) groups is 1. The molecule has 0 bridgehead atoms. The van der Waals surface area contributed by atoms with Gasteiger partial charge in [-0.25, -0.2) is 9.48 Å². The van der Waals surface area contributed by atoms with E-state index < -0.39 is 17.8 Å². The monoisotopic (exact) mass is 514 g/mol. The summed E-state index contributed by atoms with van der Waals surface area (Å²) in [5.74, 6) is 0.418. The normalized spacial score (nSPS) is 11.4. The minimum Gasteiger partial charge on any atom is -0.489 e. The number of hydrogen-bond donors (Lipinski definition) is 2. The molecule has 194 valence electrons. The van der Waals surface area contributed by atoms with Crippen LogP contribution in [0.25, 0.3) is 16.9 Å². The molecule has 0 radical (unpaired) electrons. The second-order valence-corrected chi connectivity index (χ2v) is 8.10. The SMILES string of the molecule is COCCOc1ccc(C(F)(F)F)cc1NC(=O)Nc1c(C)c(-c2cnn(C)c2)nn1-c1ccccc1. The number of carbonyl (C=O) groups excluding carboxylic acids is 1. The van der Waals surface area contributed by atoms with Crippen molar-refractivity contribution < 1.29 is 27.4 Å². The zero-order valence-corrected chi connectivity index (χ0v) is 20.3. The molecule has 0 saturated carbocycles. The van der Waals surface area contributed by atoms with E-state index in [2.05, 4.69) is 20.8 Å². The fourth-order valence-electron chi connectivity index (χ4n) is 3.64. The van der Waals surface area contributed by atoms with Crippen LogP contribution in [0.5, 0.6) is 5.75 Å². The molecule has 2 aromatic carbocycles. The minimum atomic E-state index is -4.60. The number of aromatic nitrogens is 4. The summed E-state index contributed by atoms with van der Waals surface area (Å²) in [5, 5.41) is 14.1. The average Bonchev–Trinajstić information content (AvgIpc) is 3.43. The number of halogens is 3. The standard InChI is InChI=1S/C25H25F3N6O3/c1-16-22(17-14-29-33(2)15-17)32-34(19-7-5-4-6-8-19)23(16)31-24(35)30-20-13-18(25(26,27)28)9-10-21(20)37-12-11-36-3/h4-10,13-15H,11-12H2,1-3H3,(H2,30,31,35). The van der Waals surface area contributed by atoms with Gasteiger partial charge in [-0.1, -0.05) is 18.2 Å². The largest absolute Gasteiger partial charge is 0.489 e. The summed E-state index contributed by atoms with van der Waals surface area (Å²) in [4.78, 5) is 13.1. The number of benzene rings is 2. The Balaban J connectivity index is 1.67. The lowest BCUT2D eigenvalue weighted by Gasteiger charge is -2.16. The predicted octanol–water partition coefficient (Wildman–Crippen LogP) is 5.27. The third-order valence-electron chi connectivity index (χ3n) is 5.43. The summed E-state index contributed by atoms with van der Waals surface area (Å²) in [7, 11) is 3.25. The summed E-state index contributed by atoms with van der Waals surface area (Å²) in [5.41, 5.74) is 1.59. The minimum absolute atomic E-state index is 0.0736. The second kappa shape index (κ2) is 10.7. The van der Waals surface area contributed by atoms with E-state index in [4.69, 9.17) is 9.47 Å². The molecule has 2 aromatic heterocycles. The van der Waals surface area contributed by atoms with Gasteiger partial charge in [0.15, 0.2) is 0 Å². The van der Waals surface area contributed by atoms with Crippen molar-refractivity contribution in [2.24, 2.45) is 7.05 Å². The van der Waals surface area contributed by atoms with Crippen LogP contribution < -0.4 is 15.4 Å². The molecule has 2 amide bonds. The average molecular weight is 515 g/mol. The second-order valence-electron chi connectivity index (χ2n) is 8.10. The van der Waals surface area contributed by atoms with Crippen LogP contribution in [0.1, 0.15) is 11.1 Å². The predicted molar refractivity (Wildman–Crippen MR) is 132 cm³/mol. The van der Waals surface area contributed by atoms with Crippen LogP contribution in [-0.4, -0.2) is 45.9 Å². The highest BCUT2D eigenvalue weighted by atomic mass is 19.4. The van der Waals surface area contributed by atoms with Crippen LogP contribution >= 0.6 is 0 Å². The highest BCUT2D eigenvalue weighted by Crippen LogP contribution is 2.35. The van der Waals surface area contributed by atoms with Crippen LogP contribution in [-0.2, 0) is 18.0 Å². The first-order valence-electron chi connectivity index (χ1n) is 11.2. The Bertz CT molecular complexity index is 1380. The molecule has 0 saturated heterocycles. The number of ether oxygens (including phenoxy) is 2. The van der Waals surface area contributed by atoms with Crippen molar-refractivity contribution >= 4 is 17.5 Å². The Morgan fingerprint density at radius 3 is 2.49 bits per heavy atom. The van der Waals surface area contributed by atoms with Crippen LogP contribution in [0.15, 0.2) is 60.9 Å². The van der Waals surface area contributed by atoms with Gasteiger partial charge in [-0.15, -0.1) is 0 Å². The summed E-state index contributed by atoms with van der Waals surface area (Å²) >= 11 is 0. The number of anilines is 2. The number of methoxy groups -OCH3 is 1. The van der Waals surface area contributed by atoms with Crippen molar-refractivity contribution in [2.45, 2.75) is 13.1 Å². The third-order valence-corrected chi connectivity index (χ3v) is 5.43. The molecule has 0 atom stereocenters. The van der Waals surface area contributed by atoms with Gasteiger partial charge in [0.1, 0.15) is 23.9 Å². The molecule has 4 rings (SSSR count). The molecule has 0 aliphatic rings. The molecule has 2 heterocycles. The Kier molecular flexibility index (Phi) is 7.48. The maximum atomic E-state index is 13.3. The Hall–Kier alpha value is -4.32. The van der Waals surface area contributed by atoms with Gasteiger partial charge < -0.3 is 14.8 Å². The van der Waals surface area contributed by atoms with Gasteiger partial charge in [0.2, 0.25) is 0 Å². The first-order valence-corrected chi connectivity index (χ1v) is 11.2. The number of aryl methyl sites for hydroxylation is 1. The molecule has 0 unspecified atom stereocenters. The maximum Gasteiger partial charge on any atom is 0.416 e. The highest BCUT2D eigenvalue weighted by molar-refractivity contribution is 6.01. The summed E-state index contributed by atoms with van der Waals surface area (Å²) in [6.07, 6.45) is -1.15. The van der Waals surface area contributed by atoms with Crippen molar-refractivity contribution in [3.8, 4) is 22.7 Å². The van der Waals surface area contributed by atoms with E-state index in [0.717, 1.165) is 23.8 Å². The smallest absolute Gasteiger partial charge is 0.416 e. The van der Waals surface area contributed by atoms with E-state index in [9.17, 15) is 18.0 Å². The summed E-state index contributed by atoms with van der Waals surface area (Å²) in [6, 6.07) is 11.2.